The van der Waals surface area contributed by atoms with Crippen LogP contribution in [0.1, 0.15) is 36.9 Å². The maximum absolute atomic E-state index is 12.7. The summed E-state index contributed by atoms with van der Waals surface area (Å²) < 4.78 is 10.7. The molecule has 0 bridgehead atoms. The fourth-order valence-electron chi connectivity index (χ4n) is 4.40. The van der Waals surface area contributed by atoms with Gasteiger partial charge in [0.15, 0.2) is 11.5 Å². The smallest absolute Gasteiger partial charge is 0.226 e. The highest BCUT2D eigenvalue weighted by atomic mass is 32.1. The third kappa shape index (κ3) is 4.74. The van der Waals surface area contributed by atoms with E-state index in [4.69, 9.17) is 9.47 Å². The highest BCUT2D eigenvalue weighted by Gasteiger charge is 2.35. The molecular formula is C25H28N2O3S. The number of aromatic nitrogens is 1. The zero-order valence-electron chi connectivity index (χ0n) is 18.0. The first kappa shape index (κ1) is 21.4. The molecule has 2 aromatic carbocycles. The van der Waals surface area contributed by atoms with Gasteiger partial charge in [-0.05, 0) is 36.6 Å². The normalized spacial score (nSPS) is 14.9. The van der Waals surface area contributed by atoms with E-state index in [0.29, 0.717) is 18.0 Å². The summed E-state index contributed by atoms with van der Waals surface area (Å²) in [5.74, 6) is 1.37. The van der Waals surface area contributed by atoms with E-state index >= 15 is 0 Å². The van der Waals surface area contributed by atoms with Crippen molar-refractivity contribution >= 4 is 17.2 Å². The molecule has 1 aliphatic carbocycles. The summed E-state index contributed by atoms with van der Waals surface area (Å²) >= 11 is 1.53. The van der Waals surface area contributed by atoms with Crippen molar-refractivity contribution in [3.05, 3.63) is 65.2 Å². The summed E-state index contributed by atoms with van der Waals surface area (Å²) in [4.78, 5) is 17.4. The number of nitrogens with zero attached hydrogens (tertiary/aromatic N) is 1. The van der Waals surface area contributed by atoms with E-state index in [2.05, 4.69) is 34.6 Å². The highest BCUT2D eigenvalue weighted by Crippen LogP contribution is 2.40. The number of ether oxygens (including phenoxy) is 2. The Morgan fingerprint density at radius 1 is 1.06 bits per heavy atom. The number of methoxy groups -OCH3 is 2. The predicted octanol–water partition coefficient (Wildman–Crippen LogP) is 5.00. The van der Waals surface area contributed by atoms with E-state index in [1.165, 1.54) is 29.7 Å². The second-order valence-electron chi connectivity index (χ2n) is 8.02. The lowest BCUT2D eigenvalue weighted by Gasteiger charge is -2.30. The minimum absolute atomic E-state index is 0.0198. The van der Waals surface area contributed by atoms with Crippen molar-refractivity contribution in [2.45, 2.75) is 37.5 Å². The molecule has 0 radical (unpaired) electrons. The molecule has 1 heterocycles. The van der Waals surface area contributed by atoms with Gasteiger partial charge in [0.05, 0.1) is 26.3 Å². The molecule has 0 unspecified atom stereocenters. The van der Waals surface area contributed by atoms with Gasteiger partial charge in [0.2, 0.25) is 5.91 Å². The highest BCUT2D eigenvalue weighted by molar-refractivity contribution is 7.13. The summed E-state index contributed by atoms with van der Waals surface area (Å²) in [5, 5.41) is 6.00. The van der Waals surface area contributed by atoms with E-state index in [1.807, 2.05) is 29.6 Å². The Balaban J connectivity index is 1.40. The zero-order chi connectivity index (χ0) is 21.7. The fraction of sp³-hybridized carbons (Fsp3) is 0.360. The Bertz CT molecular complexity index is 1030. The topological polar surface area (TPSA) is 60.5 Å². The van der Waals surface area contributed by atoms with Crippen LogP contribution in [0, 0.1) is 0 Å². The van der Waals surface area contributed by atoms with Crippen LogP contribution in [0.2, 0.25) is 0 Å². The van der Waals surface area contributed by atoms with Crippen LogP contribution in [0.15, 0.2) is 53.9 Å². The molecule has 1 amide bonds. The third-order valence-electron chi connectivity index (χ3n) is 6.09. The molecular weight excluding hydrogens is 408 g/mol. The van der Waals surface area contributed by atoms with E-state index in [-0.39, 0.29) is 17.7 Å². The van der Waals surface area contributed by atoms with Gasteiger partial charge in [0, 0.05) is 22.9 Å². The van der Waals surface area contributed by atoms with Gasteiger partial charge in [-0.2, -0.15) is 0 Å². The van der Waals surface area contributed by atoms with Crippen molar-refractivity contribution in [1.29, 1.82) is 0 Å². The van der Waals surface area contributed by atoms with E-state index in [1.54, 1.807) is 14.2 Å². The summed E-state index contributed by atoms with van der Waals surface area (Å²) in [6.07, 6.45) is 4.96. The third-order valence-corrected chi connectivity index (χ3v) is 7.03. The molecule has 1 aromatic heterocycles. The number of carbonyl (C=O) groups is 1. The lowest BCUT2D eigenvalue weighted by molar-refractivity contribution is -0.120. The Labute approximate surface area is 187 Å². The van der Waals surface area contributed by atoms with Gasteiger partial charge in [0.25, 0.3) is 0 Å². The van der Waals surface area contributed by atoms with Crippen molar-refractivity contribution in [1.82, 2.24) is 10.3 Å². The molecule has 0 atom stereocenters. The molecule has 3 aromatic rings. The Morgan fingerprint density at radius 3 is 2.52 bits per heavy atom. The molecule has 1 aliphatic rings. The number of benzene rings is 2. The molecule has 6 heteroatoms. The first-order valence-electron chi connectivity index (χ1n) is 10.6. The van der Waals surface area contributed by atoms with Gasteiger partial charge >= 0.3 is 0 Å². The van der Waals surface area contributed by atoms with Crippen molar-refractivity contribution in [3.63, 3.8) is 0 Å². The van der Waals surface area contributed by atoms with Crippen LogP contribution in [0.5, 0.6) is 11.5 Å². The molecule has 0 saturated heterocycles. The van der Waals surface area contributed by atoms with Crippen molar-refractivity contribution in [2.75, 3.05) is 20.8 Å². The Morgan fingerprint density at radius 2 is 1.81 bits per heavy atom. The van der Waals surface area contributed by atoms with Gasteiger partial charge in [-0.3, -0.25) is 4.79 Å². The average Bonchev–Trinajstić information content (AvgIpc) is 3.48. The Kier molecular flexibility index (Phi) is 6.56. The monoisotopic (exact) mass is 436 g/mol. The quantitative estimate of drug-likeness (QED) is 0.540. The van der Waals surface area contributed by atoms with Gasteiger partial charge < -0.3 is 14.8 Å². The van der Waals surface area contributed by atoms with Crippen LogP contribution < -0.4 is 14.8 Å². The van der Waals surface area contributed by atoms with Crippen LogP contribution in [0.4, 0.5) is 0 Å². The molecule has 1 N–H and O–H groups in total. The van der Waals surface area contributed by atoms with Crippen LogP contribution in [-0.2, 0) is 16.6 Å². The molecule has 1 saturated carbocycles. The van der Waals surface area contributed by atoms with Gasteiger partial charge in [-0.15, -0.1) is 11.3 Å². The maximum Gasteiger partial charge on any atom is 0.226 e. The molecule has 31 heavy (non-hydrogen) atoms. The second kappa shape index (κ2) is 9.52. The number of nitrogens with one attached hydrogen (secondary N) is 1. The molecule has 1 fully saturated rings. The van der Waals surface area contributed by atoms with E-state index in [0.717, 1.165) is 29.1 Å². The predicted molar refractivity (Wildman–Crippen MR) is 124 cm³/mol. The number of thiazole rings is 1. The van der Waals surface area contributed by atoms with Gasteiger partial charge in [-0.1, -0.05) is 43.2 Å². The number of rotatable bonds is 8. The number of hydrogen-bond donors (Lipinski definition) is 1. The standard InChI is InChI=1S/C25H28N2O3S/c1-29-21-11-10-18(14-22(21)30-2)24-27-20(16-31-24)15-23(28)26-17-25(12-6-7-13-25)19-8-4-3-5-9-19/h3-5,8-11,14,16H,6-7,12-13,15,17H2,1-2H3,(H,26,28). The Hall–Kier alpha value is -2.86. The summed E-state index contributed by atoms with van der Waals surface area (Å²) in [5.41, 5.74) is 3.12. The second-order valence-corrected chi connectivity index (χ2v) is 8.88. The van der Waals surface area contributed by atoms with Crippen molar-refractivity contribution < 1.29 is 14.3 Å². The van der Waals surface area contributed by atoms with E-state index in [9.17, 15) is 4.79 Å². The zero-order valence-corrected chi connectivity index (χ0v) is 18.8. The largest absolute Gasteiger partial charge is 0.493 e. The van der Waals surface area contributed by atoms with Crippen LogP contribution in [0.25, 0.3) is 10.6 Å². The SMILES string of the molecule is COc1ccc(-c2nc(CC(=O)NCC3(c4ccccc4)CCCC3)cs2)cc1OC. The molecule has 4 rings (SSSR count). The minimum Gasteiger partial charge on any atom is -0.493 e. The molecule has 0 aliphatic heterocycles. The van der Waals surface area contributed by atoms with Crippen LogP contribution in [-0.4, -0.2) is 31.7 Å². The first-order chi connectivity index (χ1) is 15.1. The van der Waals surface area contributed by atoms with Gasteiger partial charge in [-0.25, -0.2) is 4.98 Å². The fourth-order valence-corrected chi connectivity index (χ4v) is 5.21. The first-order valence-corrected chi connectivity index (χ1v) is 11.5. The van der Waals surface area contributed by atoms with Crippen molar-refractivity contribution in [3.8, 4) is 22.1 Å². The molecule has 0 spiro atoms. The molecule has 5 nitrogen and oxygen atoms in total. The lowest BCUT2D eigenvalue weighted by Crippen LogP contribution is -2.39. The number of carbonyl (C=O) groups excluding carboxylic acids is 1. The summed E-state index contributed by atoms with van der Waals surface area (Å²) in [7, 11) is 3.23. The van der Waals surface area contributed by atoms with Crippen molar-refractivity contribution in [2.24, 2.45) is 0 Å². The van der Waals surface area contributed by atoms with Crippen LogP contribution in [0.3, 0.4) is 0 Å². The lowest BCUT2D eigenvalue weighted by atomic mass is 9.79. The summed E-state index contributed by atoms with van der Waals surface area (Å²) in [6, 6.07) is 16.3. The van der Waals surface area contributed by atoms with Gasteiger partial charge in [0.1, 0.15) is 5.01 Å². The van der Waals surface area contributed by atoms with E-state index < -0.39 is 0 Å². The minimum atomic E-state index is 0.0198. The average molecular weight is 437 g/mol. The van der Waals surface area contributed by atoms with Crippen LogP contribution >= 0.6 is 11.3 Å². The number of hydrogen-bond acceptors (Lipinski definition) is 5. The number of amides is 1. The summed E-state index contributed by atoms with van der Waals surface area (Å²) in [6.45, 7) is 0.683. The molecule has 162 valence electrons. The maximum atomic E-state index is 12.7.